The van der Waals surface area contributed by atoms with Crippen molar-refractivity contribution in [3.63, 3.8) is 0 Å². The lowest BCUT2D eigenvalue weighted by Crippen LogP contribution is -2.07. The molecule has 0 spiro atoms. The molecular weight excluding hydrogens is 330 g/mol. The van der Waals surface area contributed by atoms with Crippen molar-refractivity contribution in [2.75, 3.05) is 0 Å². The molecule has 8 nitrogen and oxygen atoms in total. The highest BCUT2D eigenvalue weighted by Crippen LogP contribution is 2.19. The Kier molecular flexibility index (Phi) is 4.18. The molecule has 0 amide bonds. The van der Waals surface area contributed by atoms with Crippen molar-refractivity contribution in [1.29, 1.82) is 0 Å². The van der Waals surface area contributed by atoms with E-state index in [-0.39, 0.29) is 0 Å². The molecule has 1 aromatic carbocycles. The summed E-state index contributed by atoms with van der Waals surface area (Å²) in [6.07, 6.45) is 2.89. The third-order valence-corrected chi connectivity index (χ3v) is 4.49. The van der Waals surface area contributed by atoms with Gasteiger partial charge in [-0.1, -0.05) is 29.4 Å². The molecule has 0 aliphatic rings. The number of rotatable bonds is 5. The van der Waals surface area contributed by atoms with Crippen LogP contribution in [-0.4, -0.2) is 29.7 Å². The summed E-state index contributed by atoms with van der Waals surface area (Å²) in [5.41, 5.74) is 10.7. The lowest BCUT2D eigenvalue weighted by molar-refractivity contribution is 0.378. The number of nitrogens with zero attached hydrogens (tertiary/aromatic N) is 6. The normalized spacial score (nSPS) is 11.3. The lowest BCUT2D eigenvalue weighted by atomic mass is 10.1. The Bertz CT molecular complexity index is 1050. The van der Waals surface area contributed by atoms with Gasteiger partial charge in [-0.25, -0.2) is 9.50 Å². The van der Waals surface area contributed by atoms with E-state index < -0.39 is 0 Å². The van der Waals surface area contributed by atoms with Crippen LogP contribution in [0.25, 0.3) is 17.2 Å². The van der Waals surface area contributed by atoms with Crippen LogP contribution in [0.4, 0.5) is 0 Å². The molecule has 3 aromatic heterocycles. The van der Waals surface area contributed by atoms with Gasteiger partial charge < -0.3 is 10.3 Å². The third kappa shape index (κ3) is 2.95. The molecule has 4 aromatic rings. The summed E-state index contributed by atoms with van der Waals surface area (Å²) in [5.74, 6) is 1.80. The minimum Gasteiger partial charge on any atom is -0.339 e. The molecule has 0 saturated heterocycles. The van der Waals surface area contributed by atoms with Crippen LogP contribution in [0, 0.1) is 13.8 Å². The molecule has 0 bridgehead atoms. The second-order valence-electron chi connectivity index (χ2n) is 6.15. The zero-order chi connectivity index (χ0) is 18.1. The van der Waals surface area contributed by atoms with Gasteiger partial charge in [-0.3, -0.25) is 0 Å². The minimum atomic E-state index is 0.515. The van der Waals surface area contributed by atoms with E-state index >= 15 is 0 Å². The van der Waals surface area contributed by atoms with E-state index in [1.165, 1.54) is 6.33 Å². The smallest absolute Gasteiger partial charge is 0.252 e. The molecule has 0 aliphatic carbocycles. The van der Waals surface area contributed by atoms with Gasteiger partial charge in [-0.05, 0) is 31.4 Å². The molecule has 2 N–H and O–H groups in total. The fraction of sp³-hybridized carbons (Fsp3) is 0.278. The van der Waals surface area contributed by atoms with Gasteiger partial charge in [0.2, 0.25) is 11.7 Å². The van der Waals surface area contributed by atoms with Crippen LogP contribution in [0.5, 0.6) is 0 Å². The van der Waals surface area contributed by atoms with Crippen LogP contribution >= 0.6 is 0 Å². The maximum atomic E-state index is 5.62. The zero-order valence-electron chi connectivity index (χ0n) is 14.7. The van der Waals surface area contributed by atoms with Gasteiger partial charge in [-0.15, -0.1) is 0 Å². The summed E-state index contributed by atoms with van der Waals surface area (Å²) < 4.78 is 7.16. The zero-order valence-corrected chi connectivity index (χ0v) is 14.7. The van der Waals surface area contributed by atoms with Crippen molar-refractivity contribution in [2.45, 2.75) is 33.2 Å². The summed E-state index contributed by atoms with van der Waals surface area (Å²) >= 11 is 0. The predicted molar refractivity (Wildman–Crippen MR) is 95.3 cm³/mol. The van der Waals surface area contributed by atoms with Crippen molar-refractivity contribution in [3.05, 3.63) is 59.0 Å². The van der Waals surface area contributed by atoms with Crippen LogP contribution in [0.3, 0.4) is 0 Å². The highest BCUT2D eigenvalue weighted by molar-refractivity contribution is 5.54. The maximum absolute atomic E-state index is 5.62. The summed E-state index contributed by atoms with van der Waals surface area (Å²) in [5, 5.41) is 8.30. The molecule has 0 atom stereocenters. The van der Waals surface area contributed by atoms with E-state index in [0.717, 1.165) is 34.5 Å². The lowest BCUT2D eigenvalue weighted by Gasteiger charge is -2.08. The van der Waals surface area contributed by atoms with E-state index in [1.54, 1.807) is 4.52 Å². The second kappa shape index (κ2) is 6.64. The number of fused-ring (bicyclic) bond motifs is 1. The van der Waals surface area contributed by atoms with E-state index in [9.17, 15) is 0 Å². The topological polar surface area (TPSA) is 108 Å². The van der Waals surface area contributed by atoms with Crippen molar-refractivity contribution in [3.8, 4) is 11.4 Å². The van der Waals surface area contributed by atoms with Gasteiger partial charge in [0.25, 0.3) is 5.78 Å². The van der Waals surface area contributed by atoms with Crippen molar-refractivity contribution >= 4 is 5.78 Å². The summed E-state index contributed by atoms with van der Waals surface area (Å²) in [7, 11) is 0. The van der Waals surface area contributed by atoms with Gasteiger partial charge in [0.15, 0.2) is 0 Å². The number of hydrogen-bond acceptors (Lipinski definition) is 7. The Balaban J connectivity index is 1.53. The first-order valence-electron chi connectivity index (χ1n) is 8.43. The van der Waals surface area contributed by atoms with Crippen LogP contribution in [0.2, 0.25) is 0 Å². The summed E-state index contributed by atoms with van der Waals surface area (Å²) in [6, 6.07) is 7.84. The fourth-order valence-electron chi connectivity index (χ4n) is 3.01. The highest BCUT2D eigenvalue weighted by atomic mass is 16.5. The first kappa shape index (κ1) is 16.3. The molecule has 0 unspecified atom stereocenters. The van der Waals surface area contributed by atoms with Crippen LogP contribution in [-0.2, 0) is 19.4 Å². The number of benzene rings is 1. The van der Waals surface area contributed by atoms with Gasteiger partial charge >= 0.3 is 0 Å². The molecule has 8 heteroatoms. The molecule has 132 valence electrons. The van der Waals surface area contributed by atoms with Gasteiger partial charge in [0.05, 0.1) is 0 Å². The Labute approximate surface area is 150 Å². The first-order valence-corrected chi connectivity index (χ1v) is 8.43. The standard InChI is InChI=1S/C18H19N7O/c1-11-15(12(2)25-18(22-11)20-10-21-25)7-8-16-23-17(24-26-16)14-5-3-13(9-19)4-6-14/h3-6,10H,7-9,19H2,1-2H3. The SMILES string of the molecule is Cc1nc2ncnn2c(C)c1CCc1nc(-c2ccc(CN)cc2)no1. The Morgan fingerprint density at radius 2 is 1.88 bits per heavy atom. The second-order valence-corrected chi connectivity index (χ2v) is 6.15. The Hall–Kier alpha value is -3.13. The molecule has 0 aliphatic heterocycles. The predicted octanol–water partition coefficient (Wildman–Crippen LogP) is 2.04. The molecule has 0 radical (unpaired) electrons. The van der Waals surface area contributed by atoms with Gasteiger partial charge in [-0.2, -0.15) is 15.1 Å². The van der Waals surface area contributed by atoms with Gasteiger partial charge in [0.1, 0.15) is 6.33 Å². The molecule has 4 rings (SSSR count). The molecular formula is C18H19N7O. The Morgan fingerprint density at radius 1 is 1.08 bits per heavy atom. The number of aromatic nitrogens is 6. The summed E-state index contributed by atoms with van der Waals surface area (Å²) in [6.45, 7) is 4.51. The van der Waals surface area contributed by atoms with E-state index in [1.807, 2.05) is 38.1 Å². The van der Waals surface area contributed by atoms with Gasteiger partial charge in [0, 0.05) is 29.9 Å². The number of nitrogens with two attached hydrogens (primary N) is 1. The molecule has 0 fully saturated rings. The first-order chi connectivity index (χ1) is 12.7. The average Bonchev–Trinajstić information content (AvgIpc) is 3.31. The monoisotopic (exact) mass is 349 g/mol. The van der Waals surface area contributed by atoms with Crippen LogP contribution in [0.15, 0.2) is 35.1 Å². The number of hydrogen-bond donors (Lipinski definition) is 1. The number of aryl methyl sites for hydroxylation is 3. The molecule has 26 heavy (non-hydrogen) atoms. The van der Waals surface area contributed by atoms with Crippen molar-refractivity contribution < 1.29 is 4.52 Å². The highest BCUT2D eigenvalue weighted by Gasteiger charge is 2.14. The van der Waals surface area contributed by atoms with E-state index in [4.69, 9.17) is 10.3 Å². The Morgan fingerprint density at radius 3 is 2.65 bits per heavy atom. The van der Waals surface area contributed by atoms with E-state index in [0.29, 0.717) is 30.5 Å². The molecule has 3 heterocycles. The van der Waals surface area contributed by atoms with Crippen molar-refractivity contribution in [2.24, 2.45) is 5.73 Å². The van der Waals surface area contributed by atoms with Crippen LogP contribution < -0.4 is 5.73 Å². The van der Waals surface area contributed by atoms with Crippen molar-refractivity contribution in [1.82, 2.24) is 29.7 Å². The van der Waals surface area contributed by atoms with E-state index in [2.05, 4.69) is 25.2 Å². The largest absolute Gasteiger partial charge is 0.339 e. The average molecular weight is 349 g/mol. The molecule has 0 saturated carbocycles. The third-order valence-electron chi connectivity index (χ3n) is 4.49. The fourth-order valence-corrected chi connectivity index (χ4v) is 3.01. The summed E-state index contributed by atoms with van der Waals surface area (Å²) in [4.78, 5) is 13.1. The van der Waals surface area contributed by atoms with Crippen LogP contribution in [0.1, 0.15) is 28.4 Å². The minimum absolute atomic E-state index is 0.515. The quantitative estimate of drug-likeness (QED) is 0.587. The maximum Gasteiger partial charge on any atom is 0.252 e.